The van der Waals surface area contributed by atoms with Crippen molar-refractivity contribution in [2.24, 2.45) is 0 Å². The highest BCUT2D eigenvalue weighted by Crippen LogP contribution is 2.38. The standard InChI is InChI=1S/C14H15N5OS3/c1-7(21-14-19-18-13(16)23-14)11(20)17-12-9(6-15)8-4-2-3-5-10(8)22-12/h7H,2-5H2,1H3,(H2,16,18)(H,17,20). The van der Waals surface area contributed by atoms with Crippen LogP contribution in [0, 0.1) is 11.3 Å². The first-order valence-electron chi connectivity index (χ1n) is 7.19. The van der Waals surface area contributed by atoms with Crippen molar-refractivity contribution in [3.63, 3.8) is 0 Å². The zero-order chi connectivity index (χ0) is 16.4. The molecule has 2 aromatic rings. The highest BCUT2D eigenvalue weighted by atomic mass is 32.2. The van der Waals surface area contributed by atoms with Crippen molar-refractivity contribution in [2.75, 3.05) is 11.1 Å². The molecular formula is C14H15N5OS3. The Bertz CT molecular complexity index is 776. The number of nitrogens with one attached hydrogen (secondary N) is 1. The number of nitriles is 1. The zero-order valence-corrected chi connectivity index (χ0v) is 14.9. The van der Waals surface area contributed by atoms with E-state index >= 15 is 0 Å². The SMILES string of the molecule is CC(Sc1nnc(N)s1)C(=O)Nc1sc2c(c1C#N)CCCC2. The normalized spacial score (nSPS) is 14.8. The quantitative estimate of drug-likeness (QED) is 0.807. The molecular weight excluding hydrogens is 350 g/mol. The smallest absolute Gasteiger partial charge is 0.238 e. The van der Waals surface area contributed by atoms with E-state index in [2.05, 4.69) is 21.6 Å². The Morgan fingerprint density at radius 3 is 2.87 bits per heavy atom. The molecule has 0 aliphatic heterocycles. The van der Waals surface area contributed by atoms with Crippen LogP contribution in [-0.4, -0.2) is 21.4 Å². The summed E-state index contributed by atoms with van der Waals surface area (Å²) in [6.45, 7) is 1.80. The molecule has 0 fully saturated rings. The van der Waals surface area contributed by atoms with Gasteiger partial charge in [-0.15, -0.1) is 21.5 Å². The van der Waals surface area contributed by atoms with Crippen molar-refractivity contribution in [1.82, 2.24) is 10.2 Å². The number of anilines is 2. The lowest BCUT2D eigenvalue weighted by molar-refractivity contribution is -0.115. The van der Waals surface area contributed by atoms with Crippen LogP contribution < -0.4 is 11.1 Å². The van der Waals surface area contributed by atoms with Gasteiger partial charge in [0.1, 0.15) is 11.1 Å². The summed E-state index contributed by atoms with van der Waals surface area (Å²) in [6, 6.07) is 2.25. The van der Waals surface area contributed by atoms with Crippen molar-refractivity contribution in [2.45, 2.75) is 42.2 Å². The number of nitrogens with two attached hydrogens (primary N) is 1. The molecule has 0 saturated heterocycles. The number of aromatic nitrogens is 2. The summed E-state index contributed by atoms with van der Waals surface area (Å²) in [4.78, 5) is 13.6. The molecule has 2 aromatic heterocycles. The molecule has 23 heavy (non-hydrogen) atoms. The Kier molecular flexibility index (Phi) is 4.84. The Labute approximate surface area is 146 Å². The fourth-order valence-electron chi connectivity index (χ4n) is 2.46. The number of thiophene rings is 1. The molecule has 0 spiro atoms. The van der Waals surface area contributed by atoms with Crippen LogP contribution in [0.4, 0.5) is 10.1 Å². The van der Waals surface area contributed by atoms with Crippen LogP contribution >= 0.6 is 34.4 Å². The van der Waals surface area contributed by atoms with Gasteiger partial charge < -0.3 is 11.1 Å². The Hall–Kier alpha value is -1.63. The Morgan fingerprint density at radius 2 is 2.17 bits per heavy atom. The molecule has 1 atom stereocenters. The third kappa shape index (κ3) is 3.49. The van der Waals surface area contributed by atoms with Gasteiger partial charge in [-0.25, -0.2) is 0 Å². The summed E-state index contributed by atoms with van der Waals surface area (Å²) in [5, 5.41) is 20.7. The number of nitrogens with zero attached hydrogens (tertiary/aromatic N) is 3. The van der Waals surface area contributed by atoms with Crippen molar-refractivity contribution < 1.29 is 4.79 Å². The molecule has 1 aliphatic rings. The summed E-state index contributed by atoms with van der Waals surface area (Å²) in [5.41, 5.74) is 7.30. The van der Waals surface area contributed by atoms with Crippen LogP contribution in [0.2, 0.25) is 0 Å². The van der Waals surface area contributed by atoms with Gasteiger partial charge in [0, 0.05) is 4.88 Å². The Morgan fingerprint density at radius 1 is 1.39 bits per heavy atom. The number of nitrogen functional groups attached to an aromatic ring is 1. The fourth-order valence-corrected chi connectivity index (χ4v) is 5.48. The summed E-state index contributed by atoms with van der Waals surface area (Å²) < 4.78 is 0.663. The van der Waals surface area contributed by atoms with Gasteiger partial charge in [-0.2, -0.15) is 5.26 Å². The number of carbonyl (C=O) groups excluding carboxylic acids is 1. The molecule has 120 valence electrons. The van der Waals surface area contributed by atoms with Crippen molar-refractivity contribution in [3.05, 3.63) is 16.0 Å². The molecule has 0 aromatic carbocycles. The first kappa shape index (κ1) is 16.2. The van der Waals surface area contributed by atoms with Crippen LogP contribution in [0.5, 0.6) is 0 Å². The molecule has 1 aliphatic carbocycles. The second-order valence-electron chi connectivity index (χ2n) is 5.18. The lowest BCUT2D eigenvalue weighted by atomic mass is 9.96. The lowest BCUT2D eigenvalue weighted by Crippen LogP contribution is -2.22. The summed E-state index contributed by atoms with van der Waals surface area (Å²) in [6.07, 6.45) is 4.19. The maximum atomic E-state index is 12.4. The molecule has 9 heteroatoms. The topological polar surface area (TPSA) is 105 Å². The summed E-state index contributed by atoms with van der Waals surface area (Å²) >= 11 is 4.11. The third-order valence-electron chi connectivity index (χ3n) is 3.59. The van der Waals surface area contributed by atoms with Gasteiger partial charge in [-0.3, -0.25) is 4.79 Å². The van der Waals surface area contributed by atoms with E-state index in [0.29, 0.717) is 20.0 Å². The van der Waals surface area contributed by atoms with E-state index < -0.39 is 0 Å². The van der Waals surface area contributed by atoms with Crippen LogP contribution in [0.3, 0.4) is 0 Å². The monoisotopic (exact) mass is 365 g/mol. The van der Waals surface area contributed by atoms with E-state index in [4.69, 9.17) is 5.73 Å². The molecule has 3 N–H and O–H groups in total. The molecule has 3 rings (SSSR count). The number of carbonyl (C=O) groups is 1. The van der Waals surface area contributed by atoms with Crippen molar-refractivity contribution >= 4 is 50.5 Å². The number of hydrogen-bond acceptors (Lipinski definition) is 8. The second-order valence-corrected chi connectivity index (χ2v) is 8.88. The van der Waals surface area contributed by atoms with Gasteiger partial charge in [0.15, 0.2) is 4.34 Å². The van der Waals surface area contributed by atoms with Crippen LogP contribution in [0.15, 0.2) is 4.34 Å². The average Bonchev–Trinajstić information content (AvgIpc) is 3.09. The van der Waals surface area contributed by atoms with E-state index in [1.54, 1.807) is 6.92 Å². The lowest BCUT2D eigenvalue weighted by Gasteiger charge is -2.10. The second kappa shape index (κ2) is 6.86. The number of amides is 1. The fraction of sp³-hybridized carbons (Fsp3) is 0.429. The van der Waals surface area contributed by atoms with Crippen molar-refractivity contribution in [3.8, 4) is 6.07 Å². The minimum atomic E-state index is -0.340. The van der Waals surface area contributed by atoms with Crippen molar-refractivity contribution in [1.29, 1.82) is 5.26 Å². The van der Waals surface area contributed by atoms with E-state index in [1.165, 1.54) is 39.3 Å². The average molecular weight is 366 g/mol. The highest BCUT2D eigenvalue weighted by molar-refractivity contribution is 8.02. The van der Waals surface area contributed by atoms with Crippen LogP contribution in [-0.2, 0) is 17.6 Å². The first-order chi connectivity index (χ1) is 11.1. The van der Waals surface area contributed by atoms with Crippen LogP contribution in [0.1, 0.15) is 35.8 Å². The van der Waals surface area contributed by atoms with Gasteiger partial charge in [-0.05, 0) is 38.2 Å². The van der Waals surface area contributed by atoms with E-state index in [0.717, 1.165) is 31.2 Å². The molecule has 0 saturated carbocycles. The predicted molar refractivity (Wildman–Crippen MR) is 93.9 cm³/mol. The minimum absolute atomic E-state index is 0.140. The van der Waals surface area contributed by atoms with Gasteiger partial charge in [0.2, 0.25) is 11.0 Å². The first-order valence-corrected chi connectivity index (χ1v) is 9.71. The predicted octanol–water partition coefficient (Wildman–Crippen LogP) is 3.05. The van der Waals surface area contributed by atoms with Gasteiger partial charge in [0.05, 0.1) is 10.8 Å². The third-order valence-corrected chi connectivity index (χ3v) is 6.73. The van der Waals surface area contributed by atoms with Gasteiger partial charge >= 0.3 is 0 Å². The van der Waals surface area contributed by atoms with E-state index in [9.17, 15) is 10.1 Å². The zero-order valence-electron chi connectivity index (χ0n) is 12.5. The number of hydrogen-bond donors (Lipinski definition) is 2. The number of thioether (sulfide) groups is 1. The minimum Gasteiger partial charge on any atom is -0.374 e. The number of aryl methyl sites for hydroxylation is 1. The van der Waals surface area contributed by atoms with Crippen LogP contribution in [0.25, 0.3) is 0 Å². The van der Waals surface area contributed by atoms with Gasteiger partial charge in [0.25, 0.3) is 0 Å². The molecule has 2 heterocycles. The van der Waals surface area contributed by atoms with E-state index in [1.807, 2.05) is 0 Å². The molecule has 6 nitrogen and oxygen atoms in total. The maximum absolute atomic E-state index is 12.4. The summed E-state index contributed by atoms with van der Waals surface area (Å²) in [5.74, 6) is -0.140. The molecule has 0 radical (unpaired) electrons. The van der Waals surface area contributed by atoms with Gasteiger partial charge in [-0.1, -0.05) is 23.1 Å². The largest absolute Gasteiger partial charge is 0.374 e. The highest BCUT2D eigenvalue weighted by Gasteiger charge is 2.24. The molecule has 1 unspecified atom stereocenters. The van der Waals surface area contributed by atoms with E-state index in [-0.39, 0.29) is 11.2 Å². The molecule has 1 amide bonds. The number of rotatable bonds is 4. The molecule has 0 bridgehead atoms. The number of fused-ring (bicyclic) bond motifs is 1. The maximum Gasteiger partial charge on any atom is 0.238 e. The summed E-state index contributed by atoms with van der Waals surface area (Å²) in [7, 11) is 0. The Balaban J connectivity index is 1.72.